The van der Waals surface area contributed by atoms with E-state index in [9.17, 15) is 5.11 Å². The van der Waals surface area contributed by atoms with Gasteiger partial charge in [-0.2, -0.15) is 0 Å². The van der Waals surface area contributed by atoms with Gasteiger partial charge in [0, 0.05) is 5.41 Å². The molecule has 1 nitrogen and oxygen atoms in total. The van der Waals surface area contributed by atoms with Crippen LogP contribution in [0.15, 0.2) is 11.1 Å². The normalized spacial score (nSPS) is 53.1. The van der Waals surface area contributed by atoms with Gasteiger partial charge in [-0.15, -0.1) is 0 Å². The van der Waals surface area contributed by atoms with Crippen LogP contribution in [0.25, 0.3) is 0 Å². The maximum atomic E-state index is 10.8. The summed E-state index contributed by atoms with van der Waals surface area (Å²) in [6, 6.07) is 0. The van der Waals surface area contributed by atoms with Crippen molar-refractivity contribution < 1.29 is 5.11 Å². The fourth-order valence-electron chi connectivity index (χ4n) is 10.4. The van der Waals surface area contributed by atoms with E-state index in [2.05, 4.69) is 55.4 Å². The molecule has 0 aliphatic heterocycles. The van der Waals surface area contributed by atoms with E-state index >= 15 is 0 Å². The van der Waals surface area contributed by atoms with Crippen molar-refractivity contribution in [3.05, 3.63) is 11.1 Å². The molecular weight excluding hydrogens is 376 g/mol. The fraction of sp³-hybridized carbons (Fsp3) is 0.933. The van der Waals surface area contributed by atoms with Crippen LogP contribution in [0.2, 0.25) is 0 Å². The van der Waals surface area contributed by atoms with Crippen molar-refractivity contribution >= 4 is 0 Å². The van der Waals surface area contributed by atoms with E-state index in [0.29, 0.717) is 27.1 Å². The molecule has 3 saturated carbocycles. The molecule has 1 N–H and O–H groups in total. The highest BCUT2D eigenvalue weighted by Gasteiger charge is 2.68. The minimum absolute atomic E-state index is 0.0260. The standard InChI is InChI=1S/C30H50O/c1-25(2)13-14-27(5)15-17-29(7)22-11-9-20-21(10-12-24(31)26(20,3)4)28(22,6)16-18-30(29,8)23(27)19-25/h22-24,31H,9-19H2,1-8H3/t22-,23+,24-,27+,28-,29+,30-/m0/s1. The van der Waals surface area contributed by atoms with Crippen LogP contribution in [0.3, 0.4) is 0 Å². The molecule has 0 bridgehead atoms. The van der Waals surface area contributed by atoms with Gasteiger partial charge in [-0.25, -0.2) is 0 Å². The molecule has 0 heterocycles. The first-order valence-corrected chi connectivity index (χ1v) is 13.6. The molecule has 5 aliphatic rings. The highest BCUT2D eigenvalue weighted by Crippen LogP contribution is 2.76. The van der Waals surface area contributed by atoms with Gasteiger partial charge in [0.25, 0.3) is 0 Å². The molecule has 31 heavy (non-hydrogen) atoms. The summed E-state index contributed by atoms with van der Waals surface area (Å²) in [5.74, 6) is 1.70. The summed E-state index contributed by atoms with van der Waals surface area (Å²) >= 11 is 0. The van der Waals surface area contributed by atoms with E-state index in [0.717, 1.165) is 24.7 Å². The molecule has 5 aliphatic carbocycles. The summed E-state index contributed by atoms with van der Waals surface area (Å²) in [5.41, 5.74) is 5.78. The summed E-state index contributed by atoms with van der Waals surface area (Å²) in [6.07, 6.45) is 14.5. The summed E-state index contributed by atoms with van der Waals surface area (Å²) in [5, 5.41) is 10.8. The third-order valence-corrected chi connectivity index (χ3v) is 13.0. The molecule has 5 rings (SSSR count). The van der Waals surface area contributed by atoms with Crippen molar-refractivity contribution in [1.82, 2.24) is 0 Å². The third kappa shape index (κ3) is 2.77. The molecular formula is C30H50O. The minimum atomic E-state index is -0.157. The molecule has 0 aromatic carbocycles. The molecule has 3 fully saturated rings. The van der Waals surface area contributed by atoms with E-state index in [4.69, 9.17) is 0 Å². The van der Waals surface area contributed by atoms with Gasteiger partial charge >= 0.3 is 0 Å². The van der Waals surface area contributed by atoms with Gasteiger partial charge in [-0.1, -0.05) is 66.5 Å². The number of aliphatic hydroxyl groups is 1. The summed E-state index contributed by atoms with van der Waals surface area (Å²) in [4.78, 5) is 0. The predicted molar refractivity (Wildman–Crippen MR) is 131 cm³/mol. The number of rotatable bonds is 0. The highest BCUT2D eigenvalue weighted by molar-refractivity contribution is 5.36. The van der Waals surface area contributed by atoms with E-state index < -0.39 is 0 Å². The van der Waals surface area contributed by atoms with Crippen LogP contribution in [0.4, 0.5) is 0 Å². The molecule has 0 saturated heterocycles. The van der Waals surface area contributed by atoms with Gasteiger partial charge in [0.1, 0.15) is 0 Å². The second kappa shape index (κ2) is 6.43. The minimum Gasteiger partial charge on any atom is -0.392 e. The van der Waals surface area contributed by atoms with Crippen LogP contribution in [0.1, 0.15) is 126 Å². The SMILES string of the molecule is CC1(C)CC[C@]2(C)CC[C@]3(C)[C@H]4CCC5=C(CC[C@H](O)C5(C)C)[C@]4(C)CC[C@@]3(C)[C@@H]2C1. The number of fused-ring (bicyclic) bond motifs is 6. The van der Waals surface area contributed by atoms with Crippen molar-refractivity contribution in [2.75, 3.05) is 0 Å². The van der Waals surface area contributed by atoms with Crippen LogP contribution >= 0.6 is 0 Å². The first kappa shape index (κ1) is 22.5. The Labute approximate surface area is 192 Å². The summed E-state index contributed by atoms with van der Waals surface area (Å²) < 4.78 is 0. The van der Waals surface area contributed by atoms with Gasteiger partial charge in [0.05, 0.1) is 6.10 Å². The van der Waals surface area contributed by atoms with E-state index in [1.54, 1.807) is 11.1 Å². The zero-order valence-corrected chi connectivity index (χ0v) is 22.0. The van der Waals surface area contributed by atoms with Crippen molar-refractivity contribution in [1.29, 1.82) is 0 Å². The zero-order valence-electron chi connectivity index (χ0n) is 22.0. The van der Waals surface area contributed by atoms with Crippen molar-refractivity contribution in [2.24, 2.45) is 44.3 Å². The first-order valence-electron chi connectivity index (χ1n) is 13.6. The first-order chi connectivity index (χ1) is 14.2. The molecule has 0 radical (unpaired) electrons. The van der Waals surface area contributed by atoms with Gasteiger partial charge in [0.2, 0.25) is 0 Å². The molecule has 0 aromatic rings. The Morgan fingerprint density at radius 2 is 1.23 bits per heavy atom. The van der Waals surface area contributed by atoms with Gasteiger partial charge < -0.3 is 5.11 Å². The lowest BCUT2D eigenvalue weighted by Gasteiger charge is -2.72. The smallest absolute Gasteiger partial charge is 0.0631 e. The lowest BCUT2D eigenvalue weighted by molar-refractivity contribution is -0.218. The third-order valence-electron chi connectivity index (χ3n) is 13.0. The van der Waals surface area contributed by atoms with Gasteiger partial charge in [-0.3, -0.25) is 0 Å². The van der Waals surface area contributed by atoms with Gasteiger partial charge in [0.15, 0.2) is 0 Å². The Balaban J connectivity index is 1.58. The quantitative estimate of drug-likeness (QED) is 0.386. The number of allylic oxidation sites excluding steroid dienone is 1. The van der Waals surface area contributed by atoms with E-state index in [-0.39, 0.29) is 11.5 Å². The van der Waals surface area contributed by atoms with Crippen LogP contribution in [-0.4, -0.2) is 11.2 Å². The maximum Gasteiger partial charge on any atom is 0.0631 e. The molecule has 0 aromatic heterocycles. The van der Waals surface area contributed by atoms with Crippen molar-refractivity contribution in [3.63, 3.8) is 0 Å². The Hall–Kier alpha value is -0.300. The van der Waals surface area contributed by atoms with Crippen LogP contribution in [0.5, 0.6) is 0 Å². The van der Waals surface area contributed by atoms with Crippen LogP contribution < -0.4 is 0 Å². The second-order valence-corrected chi connectivity index (χ2v) is 15.2. The topological polar surface area (TPSA) is 20.2 Å². The van der Waals surface area contributed by atoms with E-state index in [1.807, 2.05) is 0 Å². The zero-order chi connectivity index (χ0) is 22.7. The second-order valence-electron chi connectivity index (χ2n) is 15.2. The van der Waals surface area contributed by atoms with Crippen LogP contribution in [0, 0.1) is 44.3 Å². The molecule has 0 unspecified atom stereocenters. The molecule has 176 valence electrons. The Morgan fingerprint density at radius 3 is 1.94 bits per heavy atom. The highest BCUT2D eigenvalue weighted by atomic mass is 16.3. The lowest BCUT2D eigenvalue weighted by atomic mass is 9.32. The molecule has 0 spiro atoms. The Morgan fingerprint density at radius 1 is 0.645 bits per heavy atom. The number of aliphatic hydroxyl groups excluding tert-OH is 1. The molecule has 1 heteroatoms. The van der Waals surface area contributed by atoms with Crippen molar-refractivity contribution in [3.8, 4) is 0 Å². The van der Waals surface area contributed by atoms with Crippen LogP contribution in [-0.2, 0) is 0 Å². The Bertz CT molecular complexity index is 803. The summed E-state index contributed by atoms with van der Waals surface area (Å²) in [7, 11) is 0. The summed E-state index contributed by atoms with van der Waals surface area (Å²) in [6.45, 7) is 20.5. The van der Waals surface area contributed by atoms with E-state index in [1.165, 1.54) is 57.8 Å². The predicted octanol–water partition coefficient (Wildman–Crippen LogP) is 8.31. The lowest BCUT2D eigenvalue weighted by Crippen LogP contribution is -2.64. The molecule has 0 amide bonds. The fourth-order valence-corrected chi connectivity index (χ4v) is 10.4. The molecule has 7 atom stereocenters. The van der Waals surface area contributed by atoms with Gasteiger partial charge in [-0.05, 0) is 110 Å². The average molecular weight is 427 g/mol. The number of hydrogen-bond acceptors (Lipinski definition) is 1. The average Bonchev–Trinajstić information content (AvgIpc) is 2.68. The van der Waals surface area contributed by atoms with Crippen molar-refractivity contribution in [2.45, 2.75) is 132 Å². The number of hydrogen-bond donors (Lipinski definition) is 1. The Kier molecular flexibility index (Phi) is 4.66. The maximum absolute atomic E-state index is 10.8. The largest absolute Gasteiger partial charge is 0.392 e. The monoisotopic (exact) mass is 426 g/mol.